The molecule has 0 bridgehead atoms. The lowest BCUT2D eigenvalue weighted by molar-refractivity contribution is -0.138. The van der Waals surface area contributed by atoms with Gasteiger partial charge in [0.2, 0.25) is 26.0 Å². The monoisotopic (exact) mass is 492 g/mol. The van der Waals surface area contributed by atoms with Crippen LogP contribution in [0.1, 0.15) is 0 Å². The van der Waals surface area contributed by atoms with E-state index in [2.05, 4.69) is 4.90 Å². The van der Waals surface area contributed by atoms with Crippen LogP contribution in [0.2, 0.25) is 0 Å². The Kier molecular flexibility index (Phi) is 6.87. The van der Waals surface area contributed by atoms with E-state index < -0.39 is 26.1 Å². The van der Waals surface area contributed by atoms with Crippen molar-refractivity contribution in [2.75, 3.05) is 52.9 Å². The Bertz CT molecular complexity index is 1180. The van der Waals surface area contributed by atoms with E-state index in [-0.39, 0.29) is 35.3 Å². The van der Waals surface area contributed by atoms with Crippen molar-refractivity contribution in [2.24, 2.45) is 0 Å². The summed E-state index contributed by atoms with van der Waals surface area (Å²) in [6.45, 7) is 1.93. The van der Waals surface area contributed by atoms with Gasteiger partial charge in [-0.2, -0.15) is 8.61 Å². The van der Waals surface area contributed by atoms with Gasteiger partial charge >= 0.3 is 0 Å². The van der Waals surface area contributed by atoms with Crippen molar-refractivity contribution in [3.05, 3.63) is 60.7 Å². The van der Waals surface area contributed by atoms with Gasteiger partial charge in [-0.3, -0.25) is 4.79 Å². The summed E-state index contributed by atoms with van der Waals surface area (Å²) in [7, 11) is -5.89. The zero-order chi connectivity index (χ0) is 23.6. The lowest BCUT2D eigenvalue weighted by Crippen LogP contribution is -2.63. The third-order valence-electron chi connectivity index (χ3n) is 6.12. The second-order valence-electron chi connectivity index (χ2n) is 8.25. The summed E-state index contributed by atoms with van der Waals surface area (Å²) in [5, 5.41) is 0. The number of likely N-dealkylation sites (N-methyl/N-ethyl adjacent to an activating group) is 1. The van der Waals surface area contributed by atoms with Crippen molar-refractivity contribution in [2.45, 2.75) is 15.8 Å². The number of benzene rings is 2. The lowest BCUT2D eigenvalue weighted by Gasteiger charge is -2.42. The molecule has 11 heteroatoms. The van der Waals surface area contributed by atoms with Gasteiger partial charge in [0.1, 0.15) is 6.04 Å². The van der Waals surface area contributed by atoms with E-state index in [9.17, 15) is 21.6 Å². The summed E-state index contributed by atoms with van der Waals surface area (Å²) < 4.78 is 55.7. The molecule has 1 atom stereocenters. The van der Waals surface area contributed by atoms with Gasteiger partial charge in [-0.1, -0.05) is 36.4 Å². The molecule has 0 aliphatic carbocycles. The summed E-state index contributed by atoms with van der Waals surface area (Å²) in [4.78, 5) is 17.5. The first-order valence-corrected chi connectivity index (χ1v) is 13.7. The fourth-order valence-electron chi connectivity index (χ4n) is 4.16. The Morgan fingerprint density at radius 3 is 1.79 bits per heavy atom. The van der Waals surface area contributed by atoms with E-state index in [4.69, 9.17) is 0 Å². The molecule has 2 aliphatic rings. The molecular formula is C22H28N4O5S2. The van der Waals surface area contributed by atoms with Crippen molar-refractivity contribution in [3.8, 4) is 0 Å². The zero-order valence-electron chi connectivity index (χ0n) is 18.4. The van der Waals surface area contributed by atoms with Gasteiger partial charge < -0.3 is 9.80 Å². The smallest absolute Gasteiger partial charge is 0.243 e. The Morgan fingerprint density at radius 1 is 0.727 bits per heavy atom. The van der Waals surface area contributed by atoms with Crippen LogP contribution in [0, 0.1) is 0 Å². The van der Waals surface area contributed by atoms with Gasteiger partial charge in [-0.25, -0.2) is 16.8 Å². The molecule has 0 radical (unpaired) electrons. The minimum Gasteiger partial charge on any atom is -0.339 e. The molecule has 2 aliphatic heterocycles. The molecule has 0 aromatic heterocycles. The highest BCUT2D eigenvalue weighted by Crippen LogP contribution is 2.26. The first-order chi connectivity index (χ1) is 15.7. The molecule has 178 valence electrons. The fraction of sp³-hybridized carbons (Fsp3) is 0.409. The Labute approximate surface area is 195 Å². The maximum atomic E-state index is 13.5. The second-order valence-corrected chi connectivity index (χ2v) is 12.1. The summed E-state index contributed by atoms with van der Waals surface area (Å²) >= 11 is 0. The van der Waals surface area contributed by atoms with Crippen LogP contribution < -0.4 is 0 Å². The Morgan fingerprint density at radius 2 is 1.24 bits per heavy atom. The summed E-state index contributed by atoms with van der Waals surface area (Å²) in [6.07, 6.45) is 0. The fourth-order valence-corrected chi connectivity index (χ4v) is 7.20. The van der Waals surface area contributed by atoms with Gasteiger partial charge in [-0.15, -0.1) is 0 Å². The number of carbonyl (C=O) groups excluding carboxylic acids is 1. The third-order valence-corrected chi connectivity index (χ3v) is 9.93. The van der Waals surface area contributed by atoms with Crippen LogP contribution in [0.4, 0.5) is 0 Å². The number of hydrogen-bond acceptors (Lipinski definition) is 6. The topological polar surface area (TPSA) is 98.3 Å². The van der Waals surface area contributed by atoms with Crippen LogP contribution in [0.3, 0.4) is 0 Å². The maximum Gasteiger partial charge on any atom is 0.243 e. The minimum absolute atomic E-state index is 0.0319. The summed E-state index contributed by atoms with van der Waals surface area (Å²) in [5.41, 5.74) is 0. The van der Waals surface area contributed by atoms with Gasteiger partial charge in [0.15, 0.2) is 0 Å². The normalized spacial score (nSPS) is 21.7. The van der Waals surface area contributed by atoms with Crippen molar-refractivity contribution in [1.29, 1.82) is 0 Å². The standard InChI is InChI=1S/C22H28N4O5S2/c1-23-12-14-24(15-13-23)22(27)21-18-25(32(28,29)19-8-4-2-5-9-19)16-17-26(21)33(30,31)20-10-6-3-7-11-20/h2-11,21H,12-18H2,1H3/t21-/m1/s1. The van der Waals surface area contributed by atoms with Crippen molar-refractivity contribution in [3.63, 3.8) is 0 Å². The number of nitrogens with zero attached hydrogens (tertiary/aromatic N) is 4. The molecule has 0 N–H and O–H groups in total. The molecule has 1 amide bonds. The number of carbonyl (C=O) groups is 1. The van der Waals surface area contributed by atoms with Crippen molar-refractivity contribution >= 4 is 26.0 Å². The highest BCUT2D eigenvalue weighted by molar-refractivity contribution is 7.89. The van der Waals surface area contributed by atoms with Crippen LogP contribution in [-0.4, -0.2) is 100 Å². The first kappa shape index (κ1) is 23.8. The van der Waals surface area contributed by atoms with Gasteiger partial charge in [-0.05, 0) is 31.3 Å². The van der Waals surface area contributed by atoms with E-state index >= 15 is 0 Å². The largest absolute Gasteiger partial charge is 0.339 e. The molecule has 9 nitrogen and oxygen atoms in total. The molecule has 0 saturated carbocycles. The number of hydrogen-bond donors (Lipinski definition) is 0. The van der Waals surface area contributed by atoms with Crippen LogP contribution >= 0.6 is 0 Å². The van der Waals surface area contributed by atoms with Crippen LogP contribution in [0.15, 0.2) is 70.5 Å². The molecule has 2 saturated heterocycles. The predicted octanol–water partition coefficient (Wildman–Crippen LogP) is 0.524. The van der Waals surface area contributed by atoms with E-state index in [1.807, 2.05) is 7.05 Å². The molecule has 2 aromatic rings. The lowest BCUT2D eigenvalue weighted by atomic mass is 10.2. The van der Waals surface area contributed by atoms with E-state index in [0.29, 0.717) is 26.2 Å². The Balaban J connectivity index is 1.67. The zero-order valence-corrected chi connectivity index (χ0v) is 20.1. The Hall–Kier alpha value is -2.31. The molecule has 2 fully saturated rings. The van der Waals surface area contributed by atoms with Crippen molar-refractivity contribution < 1.29 is 21.6 Å². The highest BCUT2D eigenvalue weighted by Gasteiger charge is 2.44. The quantitative estimate of drug-likeness (QED) is 0.604. The second kappa shape index (κ2) is 9.51. The molecular weight excluding hydrogens is 464 g/mol. The number of amides is 1. The molecule has 2 heterocycles. The van der Waals surface area contributed by atoms with Crippen LogP contribution in [0.25, 0.3) is 0 Å². The number of rotatable bonds is 5. The minimum atomic E-state index is -3.99. The predicted molar refractivity (Wildman–Crippen MR) is 123 cm³/mol. The van der Waals surface area contributed by atoms with E-state index in [0.717, 1.165) is 0 Å². The summed E-state index contributed by atoms with van der Waals surface area (Å²) in [6, 6.07) is 14.8. The summed E-state index contributed by atoms with van der Waals surface area (Å²) in [5.74, 6) is -0.365. The molecule has 4 rings (SSSR count). The van der Waals surface area contributed by atoms with Gasteiger partial charge in [0, 0.05) is 45.8 Å². The SMILES string of the molecule is CN1CCN(C(=O)[C@H]2CN(S(=O)(=O)c3ccccc3)CCN2S(=O)(=O)c2ccccc2)CC1. The highest BCUT2D eigenvalue weighted by atomic mass is 32.2. The van der Waals surface area contributed by atoms with Crippen molar-refractivity contribution in [1.82, 2.24) is 18.4 Å². The first-order valence-electron chi connectivity index (χ1n) is 10.8. The molecule has 2 aromatic carbocycles. The maximum absolute atomic E-state index is 13.5. The van der Waals surface area contributed by atoms with Gasteiger partial charge in [0.05, 0.1) is 9.79 Å². The average molecular weight is 493 g/mol. The average Bonchev–Trinajstić information content (AvgIpc) is 2.84. The number of piperazine rings is 2. The molecule has 33 heavy (non-hydrogen) atoms. The van der Waals surface area contributed by atoms with E-state index in [1.165, 1.54) is 32.9 Å². The third kappa shape index (κ3) is 4.82. The van der Waals surface area contributed by atoms with Crippen LogP contribution in [-0.2, 0) is 24.8 Å². The molecule has 0 spiro atoms. The van der Waals surface area contributed by atoms with E-state index in [1.54, 1.807) is 41.3 Å². The van der Waals surface area contributed by atoms with Crippen LogP contribution in [0.5, 0.6) is 0 Å². The molecule has 0 unspecified atom stereocenters. The number of sulfonamides is 2. The van der Waals surface area contributed by atoms with Gasteiger partial charge in [0.25, 0.3) is 0 Å².